The number of rotatable bonds is 17. The molecule has 0 bridgehead atoms. The van der Waals surface area contributed by atoms with Gasteiger partial charge in [-0.05, 0) is 115 Å². The SMILES string of the molecule is Cc1c(C)c2c(c(C)c1OCCCC(=O)OC(C)(C)C)CCC(C)(CCCC(C)CCCC(C)CCCC(C)C)O2. The van der Waals surface area contributed by atoms with Crippen LogP contribution >= 0.6 is 0 Å². The molecule has 0 radical (unpaired) electrons. The molecule has 0 fully saturated rings. The fourth-order valence-corrected chi connectivity index (χ4v) is 6.26. The third-order valence-corrected chi connectivity index (χ3v) is 9.03. The highest BCUT2D eigenvalue weighted by molar-refractivity contribution is 5.69. The molecule has 0 aromatic heterocycles. The molecule has 41 heavy (non-hydrogen) atoms. The Kier molecular flexibility index (Phi) is 14.0. The number of carbonyl (C=O) groups excluding carboxylic acids is 1. The molecular weight excluding hydrogens is 508 g/mol. The van der Waals surface area contributed by atoms with Gasteiger partial charge in [-0.2, -0.15) is 0 Å². The highest BCUT2D eigenvalue weighted by atomic mass is 16.6. The van der Waals surface area contributed by atoms with Crippen LogP contribution in [0.2, 0.25) is 0 Å². The van der Waals surface area contributed by atoms with Gasteiger partial charge in [0.25, 0.3) is 0 Å². The molecule has 0 aliphatic carbocycles. The first-order valence-electron chi connectivity index (χ1n) is 16.8. The first-order valence-corrected chi connectivity index (χ1v) is 16.8. The molecule has 0 saturated carbocycles. The van der Waals surface area contributed by atoms with Crippen LogP contribution in [0.15, 0.2) is 0 Å². The Morgan fingerprint density at radius 2 is 1.44 bits per heavy atom. The van der Waals surface area contributed by atoms with E-state index in [1.807, 2.05) is 20.8 Å². The number of hydrogen-bond donors (Lipinski definition) is 0. The van der Waals surface area contributed by atoms with Crippen LogP contribution in [0, 0.1) is 38.5 Å². The minimum atomic E-state index is -0.446. The summed E-state index contributed by atoms with van der Waals surface area (Å²) in [5.74, 6) is 4.37. The lowest BCUT2D eigenvalue weighted by molar-refractivity contribution is -0.155. The number of ether oxygens (including phenoxy) is 3. The van der Waals surface area contributed by atoms with Crippen molar-refractivity contribution >= 4 is 5.97 Å². The first-order chi connectivity index (χ1) is 19.1. The number of fused-ring (bicyclic) bond motifs is 1. The lowest BCUT2D eigenvalue weighted by atomic mass is 9.83. The number of esters is 1. The molecule has 0 spiro atoms. The molecule has 0 amide bonds. The van der Waals surface area contributed by atoms with Gasteiger partial charge in [0.15, 0.2) is 0 Å². The predicted molar refractivity (Wildman–Crippen MR) is 173 cm³/mol. The lowest BCUT2D eigenvalue weighted by Gasteiger charge is -2.38. The highest BCUT2D eigenvalue weighted by Crippen LogP contribution is 2.45. The summed E-state index contributed by atoms with van der Waals surface area (Å²) in [5, 5.41) is 0. The van der Waals surface area contributed by atoms with Gasteiger partial charge in [-0.3, -0.25) is 4.79 Å². The van der Waals surface area contributed by atoms with Gasteiger partial charge in [0, 0.05) is 12.0 Å². The van der Waals surface area contributed by atoms with Crippen LogP contribution in [0.5, 0.6) is 11.5 Å². The zero-order valence-corrected chi connectivity index (χ0v) is 28.8. The number of carbonyl (C=O) groups is 1. The van der Waals surface area contributed by atoms with Gasteiger partial charge < -0.3 is 14.2 Å². The molecule has 1 aliphatic heterocycles. The molecular formula is C37H64O4. The fourth-order valence-electron chi connectivity index (χ4n) is 6.26. The average Bonchev–Trinajstić information content (AvgIpc) is 2.85. The summed E-state index contributed by atoms with van der Waals surface area (Å²) in [5.41, 5.74) is 4.28. The Labute approximate surface area is 253 Å². The van der Waals surface area contributed by atoms with E-state index < -0.39 is 5.60 Å². The molecule has 4 heteroatoms. The van der Waals surface area contributed by atoms with Gasteiger partial charge in [0.1, 0.15) is 22.7 Å². The summed E-state index contributed by atoms with van der Waals surface area (Å²) in [6.45, 7) is 24.5. The van der Waals surface area contributed by atoms with Crippen molar-refractivity contribution in [1.82, 2.24) is 0 Å². The van der Waals surface area contributed by atoms with Crippen LogP contribution in [0.25, 0.3) is 0 Å². The minimum absolute atomic E-state index is 0.100. The maximum Gasteiger partial charge on any atom is 0.306 e. The van der Waals surface area contributed by atoms with Crippen molar-refractivity contribution in [3.63, 3.8) is 0 Å². The van der Waals surface area contributed by atoms with Gasteiger partial charge in [-0.25, -0.2) is 0 Å². The molecule has 3 atom stereocenters. The maximum atomic E-state index is 12.0. The average molecular weight is 573 g/mol. The first kappa shape index (κ1) is 35.5. The van der Waals surface area contributed by atoms with E-state index in [0.29, 0.717) is 19.4 Å². The molecule has 1 heterocycles. The molecule has 4 nitrogen and oxygen atoms in total. The number of benzene rings is 1. The third kappa shape index (κ3) is 12.2. The normalized spacial score (nSPS) is 18.5. The Morgan fingerprint density at radius 1 is 0.854 bits per heavy atom. The lowest BCUT2D eigenvalue weighted by Crippen LogP contribution is -2.37. The van der Waals surface area contributed by atoms with Crippen molar-refractivity contribution < 1.29 is 19.0 Å². The minimum Gasteiger partial charge on any atom is -0.493 e. The summed E-state index contributed by atoms with van der Waals surface area (Å²) >= 11 is 0. The van der Waals surface area contributed by atoms with E-state index in [-0.39, 0.29) is 11.6 Å². The van der Waals surface area contributed by atoms with Crippen LogP contribution in [-0.4, -0.2) is 23.8 Å². The second-order valence-corrected chi connectivity index (χ2v) is 15.0. The molecule has 3 unspecified atom stereocenters. The Balaban J connectivity index is 1.83. The van der Waals surface area contributed by atoms with Crippen LogP contribution in [0.4, 0.5) is 0 Å². The van der Waals surface area contributed by atoms with Crippen molar-refractivity contribution in [2.75, 3.05) is 6.61 Å². The van der Waals surface area contributed by atoms with Crippen LogP contribution in [0.1, 0.15) is 155 Å². The van der Waals surface area contributed by atoms with Crippen molar-refractivity contribution in [2.24, 2.45) is 17.8 Å². The summed E-state index contributed by atoms with van der Waals surface area (Å²) in [7, 11) is 0. The van der Waals surface area contributed by atoms with Crippen molar-refractivity contribution in [3.8, 4) is 11.5 Å². The third-order valence-electron chi connectivity index (χ3n) is 9.03. The van der Waals surface area contributed by atoms with E-state index in [0.717, 1.165) is 54.1 Å². The van der Waals surface area contributed by atoms with Gasteiger partial charge >= 0.3 is 5.97 Å². The Bertz CT molecular complexity index is 957. The van der Waals surface area contributed by atoms with Gasteiger partial charge in [-0.15, -0.1) is 0 Å². The second-order valence-electron chi connectivity index (χ2n) is 15.0. The quantitative estimate of drug-likeness (QED) is 0.138. The van der Waals surface area contributed by atoms with Crippen LogP contribution in [0.3, 0.4) is 0 Å². The van der Waals surface area contributed by atoms with E-state index in [2.05, 4.69) is 55.4 Å². The van der Waals surface area contributed by atoms with Crippen LogP contribution in [-0.2, 0) is 16.0 Å². The zero-order chi connectivity index (χ0) is 30.8. The van der Waals surface area contributed by atoms with E-state index in [1.165, 1.54) is 68.1 Å². The second kappa shape index (κ2) is 16.2. The molecule has 0 saturated heterocycles. The summed E-state index contributed by atoms with van der Waals surface area (Å²) in [4.78, 5) is 12.0. The van der Waals surface area contributed by atoms with Crippen molar-refractivity contribution in [1.29, 1.82) is 0 Å². The molecule has 2 rings (SSSR count). The summed E-state index contributed by atoms with van der Waals surface area (Å²) < 4.78 is 18.5. The Hall–Kier alpha value is -1.71. The molecule has 1 aliphatic rings. The molecule has 1 aromatic carbocycles. The highest BCUT2D eigenvalue weighted by Gasteiger charge is 2.34. The van der Waals surface area contributed by atoms with E-state index >= 15 is 0 Å². The zero-order valence-electron chi connectivity index (χ0n) is 28.8. The smallest absolute Gasteiger partial charge is 0.306 e. The van der Waals surface area contributed by atoms with Gasteiger partial charge in [0.2, 0.25) is 0 Å². The van der Waals surface area contributed by atoms with Crippen molar-refractivity contribution in [2.45, 2.75) is 171 Å². The molecule has 236 valence electrons. The van der Waals surface area contributed by atoms with Gasteiger partial charge in [0.05, 0.1) is 6.61 Å². The number of hydrogen-bond acceptors (Lipinski definition) is 4. The Morgan fingerprint density at radius 3 is 2.02 bits per heavy atom. The maximum absolute atomic E-state index is 12.0. The predicted octanol–water partition coefficient (Wildman–Crippen LogP) is 10.6. The van der Waals surface area contributed by atoms with E-state index in [1.54, 1.807) is 0 Å². The molecule has 1 aromatic rings. The van der Waals surface area contributed by atoms with Crippen LogP contribution < -0.4 is 9.47 Å². The van der Waals surface area contributed by atoms with Crippen molar-refractivity contribution in [3.05, 3.63) is 22.3 Å². The largest absolute Gasteiger partial charge is 0.493 e. The van der Waals surface area contributed by atoms with Gasteiger partial charge in [-0.1, -0.05) is 72.6 Å². The van der Waals surface area contributed by atoms with E-state index in [4.69, 9.17) is 14.2 Å². The summed E-state index contributed by atoms with van der Waals surface area (Å²) in [6, 6.07) is 0. The monoisotopic (exact) mass is 572 g/mol. The molecule has 0 N–H and O–H groups in total. The standard InChI is InChI=1S/C37H64O4/c1-26(2)16-12-17-27(3)18-13-19-28(4)20-14-23-37(11)24-22-32-31(7)34(29(5)30(6)35(32)41-37)39-25-15-21-33(38)40-36(8,9)10/h26-28H,12-25H2,1-11H3. The summed E-state index contributed by atoms with van der Waals surface area (Å²) in [6.07, 6.45) is 15.0. The topological polar surface area (TPSA) is 44.8 Å². The van der Waals surface area contributed by atoms with E-state index in [9.17, 15) is 4.79 Å². The fraction of sp³-hybridized carbons (Fsp3) is 0.811.